The molecule has 0 unspecified atom stereocenters. The van der Waals surface area contributed by atoms with Crippen LogP contribution < -0.4 is 0 Å². The van der Waals surface area contributed by atoms with E-state index < -0.39 is 0 Å². The van der Waals surface area contributed by atoms with Gasteiger partial charge in [-0.3, -0.25) is 4.90 Å². The molecule has 27 heavy (non-hydrogen) atoms. The second kappa shape index (κ2) is 7.79. The summed E-state index contributed by atoms with van der Waals surface area (Å²) in [5.74, 6) is 0.487. The molecule has 4 rings (SSSR count). The molecule has 0 radical (unpaired) electrons. The lowest BCUT2D eigenvalue weighted by Crippen LogP contribution is -2.20. The molecule has 5 nitrogen and oxygen atoms in total. The lowest BCUT2D eigenvalue weighted by Gasteiger charge is -2.17. The molecular formula is C22H29N5. The predicted octanol–water partition coefficient (Wildman–Crippen LogP) is 3.29. The third kappa shape index (κ3) is 3.89. The van der Waals surface area contributed by atoms with Crippen molar-refractivity contribution in [3.8, 4) is 0 Å². The standard InChI is InChI=1S/C22H29N5/c1-17-7-4-5-8-18(17)15-26-12-10-19(16-26)21-20-9-6-11-23-22(20)27(24-21)14-13-25(2)3/h4-9,11,19H,10,12-16H2,1-3H3/t19-/m0/s1. The van der Waals surface area contributed by atoms with Crippen molar-refractivity contribution in [1.29, 1.82) is 0 Å². The molecule has 1 saturated heterocycles. The fourth-order valence-electron chi connectivity index (χ4n) is 4.01. The van der Waals surface area contributed by atoms with Crippen LogP contribution in [0.4, 0.5) is 0 Å². The van der Waals surface area contributed by atoms with Crippen molar-refractivity contribution in [1.82, 2.24) is 24.6 Å². The van der Waals surface area contributed by atoms with E-state index in [1.165, 1.54) is 28.6 Å². The van der Waals surface area contributed by atoms with Crippen LogP contribution in [0.15, 0.2) is 42.6 Å². The van der Waals surface area contributed by atoms with Crippen molar-refractivity contribution >= 4 is 11.0 Å². The maximum absolute atomic E-state index is 5.00. The molecule has 142 valence electrons. The van der Waals surface area contributed by atoms with Crippen LogP contribution in [-0.2, 0) is 13.1 Å². The third-order valence-corrected chi connectivity index (χ3v) is 5.61. The zero-order valence-electron chi connectivity index (χ0n) is 16.6. The highest BCUT2D eigenvalue weighted by molar-refractivity contribution is 5.78. The second-order valence-corrected chi connectivity index (χ2v) is 7.93. The van der Waals surface area contributed by atoms with Crippen molar-refractivity contribution in [2.45, 2.75) is 32.4 Å². The summed E-state index contributed by atoms with van der Waals surface area (Å²) in [7, 11) is 4.20. The molecule has 0 saturated carbocycles. The largest absolute Gasteiger partial charge is 0.308 e. The van der Waals surface area contributed by atoms with Crippen LogP contribution in [0.2, 0.25) is 0 Å². The third-order valence-electron chi connectivity index (χ3n) is 5.61. The van der Waals surface area contributed by atoms with E-state index in [-0.39, 0.29) is 0 Å². The average Bonchev–Trinajstić information content (AvgIpc) is 3.26. The molecule has 2 aromatic heterocycles. The monoisotopic (exact) mass is 363 g/mol. The fraction of sp³-hybridized carbons (Fsp3) is 0.455. The van der Waals surface area contributed by atoms with Gasteiger partial charge in [-0.15, -0.1) is 0 Å². The number of likely N-dealkylation sites (N-methyl/N-ethyl adjacent to an activating group) is 1. The number of rotatable bonds is 6. The molecule has 5 heteroatoms. The first-order valence-corrected chi connectivity index (χ1v) is 9.85. The Hall–Kier alpha value is -2.24. The van der Waals surface area contributed by atoms with Crippen molar-refractivity contribution in [2.75, 3.05) is 33.7 Å². The van der Waals surface area contributed by atoms with Gasteiger partial charge >= 0.3 is 0 Å². The second-order valence-electron chi connectivity index (χ2n) is 7.93. The van der Waals surface area contributed by atoms with E-state index >= 15 is 0 Å². The van der Waals surface area contributed by atoms with Crippen LogP contribution >= 0.6 is 0 Å². The number of likely N-dealkylation sites (tertiary alicyclic amines) is 1. The highest BCUT2D eigenvalue weighted by atomic mass is 15.3. The minimum atomic E-state index is 0.487. The van der Waals surface area contributed by atoms with Crippen LogP contribution in [0.3, 0.4) is 0 Å². The minimum absolute atomic E-state index is 0.487. The van der Waals surface area contributed by atoms with Gasteiger partial charge in [-0.2, -0.15) is 5.10 Å². The summed E-state index contributed by atoms with van der Waals surface area (Å²) in [5.41, 5.74) is 5.06. The highest BCUT2D eigenvalue weighted by Crippen LogP contribution is 2.32. The van der Waals surface area contributed by atoms with Gasteiger partial charge in [0, 0.05) is 37.1 Å². The van der Waals surface area contributed by atoms with E-state index in [4.69, 9.17) is 5.10 Å². The summed E-state index contributed by atoms with van der Waals surface area (Å²) < 4.78 is 2.09. The summed E-state index contributed by atoms with van der Waals surface area (Å²) in [4.78, 5) is 9.37. The lowest BCUT2D eigenvalue weighted by molar-refractivity contribution is 0.325. The fourth-order valence-corrected chi connectivity index (χ4v) is 4.01. The molecule has 0 amide bonds. The van der Waals surface area contributed by atoms with Gasteiger partial charge in [0.2, 0.25) is 0 Å². The van der Waals surface area contributed by atoms with E-state index in [0.717, 1.165) is 38.4 Å². The number of fused-ring (bicyclic) bond motifs is 1. The Kier molecular flexibility index (Phi) is 5.23. The minimum Gasteiger partial charge on any atom is -0.308 e. The van der Waals surface area contributed by atoms with Crippen LogP contribution in [0, 0.1) is 6.92 Å². The maximum atomic E-state index is 5.00. The van der Waals surface area contributed by atoms with Crippen LogP contribution in [0.1, 0.15) is 29.2 Å². The lowest BCUT2D eigenvalue weighted by atomic mass is 10.0. The Balaban J connectivity index is 1.54. The van der Waals surface area contributed by atoms with Gasteiger partial charge < -0.3 is 4.90 Å². The van der Waals surface area contributed by atoms with Gasteiger partial charge in [0.15, 0.2) is 5.65 Å². The SMILES string of the molecule is Cc1ccccc1CN1CC[C@H](c2nn(CCN(C)C)c3ncccc23)C1. The zero-order valence-corrected chi connectivity index (χ0v) is 16.6. The number of hydrogen-bond acceptors (Lipinski definition) is 4. The quantitative estimate of drug-likeness (QED) is 0.673. The van der Waals surface area contributed by atoms with Gasteiger partial charge in [-0.1, -0.05) is 24.3 Å². The molecular weight excluding hydrogens is 334 g/mol. The summed E-state index contributed by atoms with van der Waals surface area (Å²) in [6.07, 6.45) is 3.04. The van der Waals surface area contributed by atoms with Gasteiger partial charge in [0.05, 0.1) is 12.2 Å². The first-order chi connectivity index (χ1) is 13.1. The van der Waals surface area contributed by atoms with Gasteiger partial charge in [-0.25, -0.2) is 9.67 Å². The van der Waals surface area contributed by atoms with Gasteiger partial charge in [-0.05, 0) is 57.2 Å². The number of pyridine rings is 1. The Morgan fingerprint density at radius 1 is 1.15 bits per heavy atom. The predicted molar refractivity (Wildman–Crippen MR) is 110 cm³/mol. The molecule has 0 bridgehead atoms. The smallest absolute Gasteiger partial charge is 0.158 e. The van der Waals surface area contributed by atoms with E-state index in [9.17, 15) is 0 Å². The normalized spacial score (nSPS) is 18.0. The topological polar surface area (TPSA) is 37.2 Å². The number of hydrogen-bond donors (Lipinski definition) is 0. The molecule has 1 aliphatic rings. The van der Waals surface area contributed by atoms with Crippen molar-refractivity contribution < 1.29 is 0 Å². The first-order valence-electron chi connectivity index (χ1n) is 9.85. The number of aromatic nitrogens is 3. The molecule has 1 atom stereocenters. The van der Waals surface area contributed by atoms with E-state index in [1.54, 1.807) is 0 Å². The van der Waals surface area contributed by atoms with Crippen molar-refractivity contribution in [2.24, 2.45) is 0 Å². The van der Waals surface area contributed by atoms with Crippen LogP contribution in [-0.4, -0.2) is 58.3 Å². The first kappa shape index (κ1) is 18.1. The van der Waals surface area contributed by atoms with E-state index in [0.29, 0.717) is 5.92 Å². The van der Waals surface area contributed by atoms with Crippen LogP contribution in [0.5, 0.6) is 0 Å². The molecule has 0 spiro atoms. The highest BCUT2D eigenvalue weighted by Gasteiger charge is 2.28. The van der Waals surface area contributed by atoms with Crippen molar-refractivity contribution in [3.63, 3.8) is 0 Å². The summed E-state index contributed by atoms with van der Waals surface area (Å²) in [5, 5.41) is 6.22. The van der Waals surface area contributed by atoms with E-state index in [1.807, 2.05) is 12.3 Å². The molecule has 1 aromatic carbocycles. The number of benzene rings is 1. The van der Waals surface area contributed by atoms with Crippen LogP contribution in [0.25, 0.3) is 11.0 Å². The molecule has 1 aliphatic heterocycles. The molecule has 0 aliphatic carbocycles. The molecule has 3 aromatic rings. The Morgan fingerprint density at radius 3 is 2.81 bits per heavy atom. The van der Waals surface area contributed by atoms with Crippen molar-refractivity contribution in [3.05, 3.63) is 59.4 Å². The van der Waals surface area contributed by atoms with E-state index in [2.05, 4.69) is 70.8 Å². The Bertz CT molecular complexity index is 914. The summed E-state index contributed by atoms with van der Waals surface area (Å²) in [6, 6.07) is 12.9. The number of aryl methyl sites for hydroxylation is 1. The average molecular weight is 364 g/mol. The summed E-state index contributed by atoms with van der Waals surface area (Å²) >= 11 is 0. The molecule has 3 heterocycles. The van der Waals surface area contributed by atoms with Gasteiger partial charge in [0.1, 0.15) is 0 Å². The number of nitrogens with zero attached hydrogens (tertiary/aromatic N) is 5. The molecule has 0 N–H and O–H groups in total. The Labute approximate surface area is 161 Å². The summed E-state index contributed by atoms with van der Waals surface area (Å²) in [6.45, 7) is 7.28. The maximum Gasteiger partial charge on any atom is 0.158 e. The molecule has 1 fully saturated rings. The Morgan fingerprint density at radius 2 is 2.00 bits per heavy atom. The van der Waals surface area contributed by atoms with Gasteiger partial charge in [0.25, 0.3) is 0 Å². The zero-order chi connectivity index (χ0) is 18.8.